The van der Waals surface area contributed by atoms with Gasteiger partial charge in [0.1, 0.15) is 17.1 Å². The molecule has 26 heavy (non-hydrogen) atoms. The van der Waals surface area contributed by atoms with E-state index >= 15 is 0 Å². The standard InChI is InChI=1S/C16H16N2O7S/c1-24-11-4-7-13(16(20)21)14(8-11)25-9-15(19)18-10-2-5-12(6-3-10)26(17,22)23/h2-8H,9H2,1H3,(H,18,19)(H,20,21)(H2,17,22,23). The summed E-state index contributed by atoms with van der Waals surface area (Å²) in [4.78, 5) is 23.0. The zero-order chi connectivity index (χ0) is 19.3. The quantitative estimate of drug-likeness (QED) is 0.651. The molecule has 4 N–H and O–H groups in total. The number of benzene rings is 2. The minimum atomic E-state index is -3.82. The van der Waals surface area contributed by atoms with Gasteiger partial charge in [-0.15, -0.1) is 0 Å². The van der Waals surface area contributed by atoms with Gasteiger partial charge in [-0.05, 0) is 36.4 Å². The summed E-state index contributed by atoms with van der Waals surface area (Å²) in [6.07, 6.45) is 0. The highest BCUT2D eigenvalue weighted by Gasteiger charge is 2.14. The average Bonchev–Trinajstić information content (AvgIpc) is 2.59. The number of hydrogen-bond acceptors (Lipinski definition) is 6. The van der Waals surface area contributed by atoms with Gasteiger partial charge in [0, 0.05) is 11.8 Å². The van der Waals surface area contributed by atoms with E-state index in [1.54, 1.807) is 0 Å². The number of carboxylic acid groups (broad SMARTS) is 1. The van der Waals surface area contributed by atoms with Gasteiger partial charge < -0.3 is 19.9 Å². The van der Waals surface area contributed by atoms with Crippen LogP contribution in [-0.4, -0.2) is 39.1 Å². The second-order valence-electron chi connectivity index (χ2n) is 5.07. The van der Waals surface area contributed by atoms with Crippen LogP contribution in [0.25, 0.3) is 0 Å². The summed E-state index contributed by atoms with van der Waals surface area (Å²) < 4.78 is 32.6. The highest BCUT2D eigenvalue weighted by atomic mass is 32.2. The minimum Gasteiger partial charge on any atom is -0.497 e. The first-order chi connectivity index (χ1) is 12.2. The van der Waals surface area contributed by atoms with E-state index in [-0.39, 0.29) is 16.2 Å². The minimum absolute atomic E-state index is 0.0171. The molecule has 0 atom stereocenters. The number of rotatable bonds is 7. The normalized spacial score (nSPS) is 10.8. The summed E-state index contributed by atoms with van der Waals surface area (Å²) in [6.45, 7) is -0.454. The number of hydrogen-bond donors (Lipinski definition) is 3. The Hall–Kier alpha value is -3.11. The first-order valence-electron chi connectivity index (χ1n) is 7.17. The van der Waals surface area contributed by atoms with Crippen LogP contribution in [0.4, 0.5) is 5.69 Å². The Morgan fingerprint density at radius 3 is 2.35 bits per heavy atom. The number of methoxy groups -OCH3 is 1. The maximum atomic E-state index is 11.9. The van der Waals surface area contributed by atoms with Crippen LogP contribution in [0.2, 0.25) is 0 Å². The molecule has 0 spiro atoms. The molecule has 0 unspecified atom stereocenters. The number of primary sulfonamides is 1. The number of nitrogens with two attached hydrogens (primary N) is 1. The third kappa shape index (κ3) is 4.94. The highest BCUT2D eigenvalue weighted by molar-refractivity contribution is 7.89. The van der Waals surface area contributed by atoms with Gasteiger partial charge in [0.05, 0.1) is 12.0 Å². The Bertz CT molecular complexity index is 924. The second-order valence-corrected chi connectivity index (χ2v) is 6.63. The van der Waals surface area contributed by atoms with E-state index in [1.807, 2.05) is 0 Å². The number of amides is 1. The van der Waals surface area contributed by atoms with Crippen molar-refractivity contribution >= 4 is 27.6 Å². The number of anilines is 1. The fourth-order valence-electron chi connectivity index (χ4n) is 1.99. The van der Waals surface area contributed by atoms with E-state index in [2.05, 4.69) is 5.32 Å². The third-order valence-electron chi connectivity index (χ3n) is 3.24. The third-order valence-corrected chi connectivity index (χ3v) is 4.17. The fraction of sp³-hybridized carbons (Fsp3) is 0.125. The van der Waals surface area contributed by atoms with Gasteiger partial charge >= 0.3 is 5.97 Å². The summed E-state index contributed by atoms with van der Waals surface area (Å²) in [7, 11) is -2.40. The highest BCUT2D eigenvalue weighted by Crippen LogP contribution is 2.25. The molecule has 0 aliphatic rings. The van der Waals surface area contributed by atoms with Gasteiger partial charge in [-0.2, -0.15) is 0 Å². The van der Waals surface area contributed by atoms with Crippen molar-refractivity contribution in [1.29, 1.82) is 0 Å². The number of ether oxygens (including phenoxy) is 2. The lowest BCUT2D eigenvalue weighted by molar-refractivity contribution is -0.118. The summed E-state index contributed by atoms with van der Waals surface area (Å²) in [5.74, 6) is -1.41. The number of nitrogens with one attached hydrogen (secondary N) is 1. The second kappa shape index (κ2) is 7.85. The van der Waals surface area contributed by atoms with E-state index in [4.69, 9.17) is 19.7 Å². The van der Waals surface area contributed by atoms with Gasteiger partial charge in [-0.3, -0.25) is 4.79 Å². The zero-order valence-electron chi connectivity index (χ0n) is 13.6. The first-order valence-corrected chi connectivity index (χ1v) is 8.72. The molecule has 0 saturated heterocycles. The van der Waals surface area contributed by atoms with Crippen LogP contribution in [0.3, 0.4) is 0 Å². The Morgan fingerprint density at radius 2 is 1.81 bits per heavy atom. The van der Waals surface area contributed by atoms with Crippen molar-refractivity contribution in [2.24, 2.45) is 5.14 Å². The molecule has 2 aromatic carbocycles. The number of sulfonamides is 1. The van der Waals surface area contributed by atoms with Crippen LogP contribution in [-0.2, 0) is 14.8 Å². The van der Waals surface area contributed by atoms with Gasteiger partial charge in [0.25, 0.3) is 5.91 Å². The van der Waals surface area contributed by atoms with Crippen molar-refractivity contribution in [2.45, 2.75) is 4.90 Å². The fourth-order valence-corrected chi connectivity index (χ4v) is 2.51. The Kier molecular flexibility index (Phi) is 5.80. The van der Waals surface area contributed by atoms with E-state index in [9.17, 15) is 18.0 Å². The predicted molar refractivity (Wildman–Crippen MR) is 91.9 cm³/mol. The van der Waals surface area contributed by atoms with Crippen LogP contribution < -0.4 is 19.9 Å². The summed E-state index contributed by atoms with van der Waals surface area (Å²) >= 11 is 0. The Balaban J connectivity index is 2.04. The molecular weight excluding hydrogens is 364 g/mol. The maximum Gasteiger partial charge on any atom is 0.339 e. The summed E-state index contributed by atoms with van der Waals surface area (Å²) in [5, 5.41) is 16.6. The monoisotopic (exact) mass is 380 g/mol. The molecule has 2 rings (SSSR count). The van der Waals surface area contributed by atoms with Crippen molar-refractivity contribution in [1.82, 2.24) is 0 Å². The molecule has 0 radical (unpaired) electrons. The van der Waals surface area contributed by atoms with Gasteiger partial charge in [-0.1, -0.05) is 0 Å². The van der Waals surface area contributed by atoms with Gasteiger partial charge in [0.15, 0.2) is 6.61 Å². The van der Waals surface area contributed by atoms with Crippen LogP contribution >= 0.6 is 0 Å². The van der Waals surface area contributed by atoms with Crippen LogP contribution in [0.1, 0.15) is 10.4 Å². The molecule has 0 heterocycles. The smallest absolute Gasteiger partial charge is 0.339 e. The van der Waals surface area contributed by atoms with Crippen molar-refractivity contribution in [2.75, 3.05) is 19.0 Å². The number of aromatic carboxylic acids is 1. The van der Waals surface area contributed by atoms with Crippen molar-refractivity contribution in [3.63, 3.8) is 0 Å². The molecule has 2 aromatic rings. The molecule has 0 aliphatic heterocycles. The Morgan fingerprint density at radius 1 is 1.15 bits per heavy atom. The van der Waals surface area contributed by atoms with Gasteiger partial charge in [-0.25, -0.2) is 18.4 Å². The average molecular weight is 380 g/mol. The molecular formula is C16H16N2O7S. The van der Waals surface area contributed by atoms with Crippen LogP contribution in [0, 0.1) is 0 Å². The lowest BCUT2D eigenvalue weighted by atomic mass is 10.2. The van der Waals surface area contributed by atoms with Crippen LogP contribution in [0.5, 0.6) is 11.5 Å². The maximum absolute atomic E-state index is 11.9. The van der Waals surface area contributed by atoms with Gasteiger partial charge in [0.2, 0.25) is 10.0 Å². The lowest BCUT2D eigenvalue weighted by Crippen LogP contribution is -2.21. The van der Waals surface area contributed by atoms with E-state index in [1.165, 1.54) is 49.6 Å². The topological polar surface area (TPSA) is 145 Å². The molecule has 0 bridgehead atoms. The predicted octanol–water partition coefficient (Wildman–Crippen LogP) is 1.06. The number of carbonyl (C=O) groups is 2. The van der Waals surface area contributed by atoms with E-state index in [0.717, 1.165) is 0 Å². The molecule has 138 valence electrons. The zero-order valence-corrected chi connectivity index (χ0v) is 14.4. The Labute approximate surface area is 149 Å². The molecule has 0 aliphatic carbocycles. The summed E-state index contributed by atoms with van der Waals surface area (Å²) in [6, 6.07) is 9.35. The van der Waals surface area contributed by atoms with E-state index < -0.39 is 28.5 Å². The van der Waals surface area contributed by atoms with Crippen LogP contribution in [0.15, 0.2) is 47.4 Å². The summed E-state index contributed by atoms with van der Waals surface area (Å²) in [5.41, 5.74) is 0.214. The van der Waals surface area contributed by atoms with E-state index in [0.29, 0.717) is 11.4 Å². The van der Waals surface area contributed by atoms with Crippen molar-refractivity contribution in [3.8, 4) is 11.5 Å². The lowest BCUT2D eigenvalue weighted by Gasteiger charge is -2.11. The molecule has 9 nitrogen and oxygen atoms in total. The first kappa shape index (κ1) is 19.2. The van der Waals surface area contributed by atoms with Crippen molar-refractivity contribution in [3.05, 3.63) is 48.0 Å². The molecule has 0 saturated carbocycles. The SMILES string of the molecule is COc1ccc(C(=O)O)c(OCC(=O)Nc2ccc(S(N)(=O)=O)cc2)c1. The molecule has 0 aromatic heterocycles. The van der Waals surface area contributed by atoms with Crippen molar-refractivity contribution < 1.29 is 32.6 Å². The molecule has 10 heteroatoms. The number of carbonyl (C=O) groups excluding carboxylic acids is 1. The number of carboxylic acids is 1. The largest absolute Gasteiger partial charge is 0.497 e. The molecule has 0 fully saturated rings. The molecule has 1 amide bonds.